The van der Waals surface area contributed by atoms with Crippen LogP contribution in [0.25, 0.3) is 6.08 Å². The number of hydrogen-bond acceptors (Lipinski definition) is 7. The van der Waals surface area contributed by atoms with Gasteiger partial charge in [-0.05, 0) is 35.9 Å². The van der Waals surface area contributed by atoms with E-state index in [1.54, 1.807) is 36.4 Å². The molecule has 2 aromatic carbocycles. The largest absolute Gasteiger partial charge is 0.493 e. The van der Waals surface area contributed by atoms with Gasteiger partial charge in [0.05, 0.1) is 31.7 Å². The lowest BCUT2D eigenvalue weighted by molar-refractivity contribution is -0.134. The Morgan fingerprint density at radius 1 is 1.17 bits per heavy atom. The van der Waals surface area contributed by atoms with Gasteiger partial charge in [0.25, 0.3) is 5.91 Å². The van der Waals surface area contributed by atoms with Crippen LogP contribution in [0.2, 0.25) is 0 Å². The van der Waals surface area contributed by atoms with E-state index >= 15 is 0 Å². The first-order valence-electron chi connectivity index (χ1n) is 8.53. The first kappa shape index (κ1) is 21.9. The minimum Gasteiger partial charge on any atom is -0.493 e. The number of esters is 1. The normalized spacial score (nSPS) is 10.2. The molecule has 1 amide bonds. The van der Waals surface area contributed by atoms with E-state index in [-0.39, 0.29) is 18.3 Å². The molecule has 2 aromatic rings. The van der Waals surface area contributed by atoms with E-state index in [1.807, 2.05) is 12.1 Å². The van der Waals surface area contributed by atoms with Crippen LogP contribution in [0.15, 0.2) is 53.4 Å². The molecule has 0 radical (unpaired) electrons. The maximum absolute atomic E-state index is 12.3. The van der Waals surface area contributed by atoms with Crippen molar-refractivity contribution in [1.29, 1.82) is 5.26 Å². The Hall–Kier alpha value is -3.44. The van der Waals surface area contributed by atoms with Crippen molar-refractivity contribution in [3.8, 4) is 17.6 Å². The van der Waals surface area contributed by atoms with Crippen LogP contribution in [0.5, 0.6) is 11.5 Å². The molecule has 7 nitrogen and oxygen atoms in total. The molecule has 150 valence electrons. The maximum Gasteiger partial charge on any atom is 0.330 e. The summed E-state index contributed by atoms with van der Waals surface area (Å²) in [6.07, 6.45) is 2.88. The first-order chi connectivity index (χ1) is 14.1. The van der Waals surface area contributed by atoms with Gasteiger partial charge < -0.3 is 19.5 Å². The Labute approximate surface area is 173 Å². The highest BCUT2D eigenvalue weighted by atomic mass is 32.2. The van der Waals surface area contributed by atoms with Crippen molar-refractivity contribution in [3.05, 3.63) is 54.1 Å². The third kappa shape index (κ3) is 6.90. The van der Waals surface area contributed by atoms with Gasteiger partial charge in [-0.25, -0.2) is 4.79 Å². The van der Waals surface area contributed by atoms with Crippen LogP contribution in [0.4, 0.5) is 5.69 Å². The first-order valence-corrected chi connectivity index (χ1v) is 9.51. The topological polar surface area (TPSA) is 97.6 Å². The minimum absolute atomic E-state index is 0.217. The lowest BCUT2D eigenvalue weighted by Gasteiger charge is -2.13. The van der Waals surface area contributed by atoms with E-state index in [0.717, 1.165) is 4.90 Å². The summed E-state index contributed by atoms with van der Waals surface area (Å²) in [6.45, 7) is -0.217. The number of ether oxygens (including phenoxy) is 3. The monoisotopic (exact) mass is 412 g/mol. The average molecular weight is 412 g/mol. The number of nitriles is 1. The second-order valence-corrected chi connectivity index (χ2v) is 6.56. The number of thioether (sulfide) groups is 1. The summed E-state index contributed by atoms with van der Waals surface area (Å²) in [5, 5.41) is 11.5. The average Bonchev–Trinajstić information content (AvgIpc) is 2.75. The summed E-state index contributed by atoms with van der Waals surface area (Å²) >= 11 is 1.34. The molecule has 2 rings (SSSR count). The molecule has 1 N–H and O–H groups in total. The summed E-state index contributed by atoms with van der Waals surface area (Å²) in [4.78, 5) is 24.3. The second-order valence-electron chi connectivity index (χ2n) is 5.55. The lowest BCUT2D eigenvalue weighted by Crippen LogP contribution is -2.20. The molecule has 0 aliphatic heterocycles. The Morgan fingerprint density at radius 2 is 1.97 bits per heavy atom. The van der Waals surface area contributed by atoms with E-state index in [2.05, 4.69) is 16.1 Å². The van der Waals surface area contributed by atoms with E-state index in [9.17, 15) is 9.59 Å². The van der Waals surface area contributed by atoms with E-state index in [0.29, 0.717) is 22.7 Å². The molecular formula is C21H20N2O5S. The predicted molar refractivity (Wildman–Crippen MR) is 111 cm³/mol. The van der Waals surface area contributed by atoms with Crippen molar-refractivity contribution < 1.29 is 23.8 Å². The van der Waals surface area contributed by atoms with Crippen molar-refractivity contribution in [2.75, 3.05) is 31.9 Å². The fourth-order valence-corrected chi connectivity index (χ4v) is 2.94. The van der Waals surface area contributed by atoms with Crippen LogP contribution in [0.1, 0.15) is 5.56 Å². The van der Waals surface area contributed by atoms with Gasteiger partial charge >= 0.3 is 5.97 Å². The maximum atomic E-state index is 12.3. The van der Waals surface area contributed by atoms with E-state index in [1.165, 1.54) is 32.1 Å². The molecule has 0 aliphatic rings. The predicted octanol–water partition coefficient (Wildman–Crippen LogP) is 3.51. The zero-order valence-corrected chi connectivity index (χ0v) is 16.8. The van der Waals surface area contributed by atoms with Gasteiger partial charge in [0.15, 0.2) is 18.1 Å². The van der Waals surface area contributed by atoms with Crippen molar-refractivity contribution in [2.24, 2.45) is 0 Å². The zero-order chi connectivity index (χ0) is 21.1. The molecule has 0 unspecified atom stereocenters. The molecule has 0 spiro atoms. The van der Waals surface area contributed by atoms with Gasteiger partial charge in [0.2, 0.25) is 0 Å². The number of methoxy groups -OCH3 is 2. The smallest absolute Gasteiger partial charge is 0.330 e. The molecule has 0 bridgehead atoms. The Bertz CT molecular complexity index is 937. The van der Waals surface area contributed by atoms with Gasteiger partial charge in [-0.3, -0.25) is 4.79 Å². The Morgan fingerprint density at radius 3 is 2.69 bits per heavy atom. The molecule has 0 saturated carbocycles. The number of benzene rings is 2. The number of hydrogen-bond donors (Lipinski definition) is 1. The number of carbonyl (C=O) groups is 2. The number of nitrogens with zero attached hydrogens (tertiary/aromatic N) is 1. The van der Waals surface area contributed by atoms with Crippen LogP contribution < -0.4 is 14.8 Å². The number of anilines is 1. The molecule has 8 heteroatoms. The van der Waals surface area contributed by atoms with E-state index in [4.69, 9.17) is 14.7 Å². The highest BCUT2D eigenvalue weighted by Crippen LogP contribution is 2.29. The van der Waals surface area contributed by atoms with Crippen molar-refractivity contribution >= 4 is 35.4 Å². The number of amides is 1. The van der Waals surface area contributed by atoms with Gasteiger partial charge in [-0.15, -0.1) is 11.8 Å². The summed E-state index contributed by atoms with van der Waals surface area (Å²) < 4.78 is 15.4. The van der Waals surface area contributed by atoms with Gasteiger partial charge in [0.1, 0.15) is 0 Å². The van der Waals surface area contributed by atoms with Crippen LogP contribution in [0, 0.1) is 11.3 Å². The highest BCUT2D eigenvalue weighted by molar-refractivity contribution is 7.99. The van der Waals surface area contributed by atoms with Crippen LogP contribution in [0.3, 0.4) is 0 Å². The quantitative estimate of drug-likeness (QED) is 0.382. The van der Waals surface area contributed by atoms with Gasteiger partial charge in [0, 0.05) is 11.0 Å². The summed E-state index contributed by atoms with van der Waals surface area (Å²) in [6, 6.07) is 14.4. The Balaban J connectivity index is 2.00. The van der Waals surface area contributed by atoms with E-state index < -0.39 is 5.97 Å². The lowest BCUT2D eigenvalue weighted by atomic mass is 10.2. The third-order valence-corrected chi connectivity index (χ3v) is 4.55. The minimum atomic E-state index is -0.464. The SMILES string of the molecule is COC(=O)/C=C/c1ccc(OCC(=O)Nc2ccccc2SCC#N)c(OC)c1. The molecule has 0 atom stereocenters. The van der Waals surface area contributed by atoms with Crippen LogP contribution in [-0.4, -0.2) is 38.5 Å². The highest BCUT2D eigenvalue weighted by Gasteiger charge is 2.10. The van der Waals surface area contributed by atoms with Gasteiger partial charge in [-0.1, -0.05) is 18.2 Å². The molecule has 29 heavy (non-hydrogen) atoms. The van der Waals surface area contributed by atoms with Crippen LogP contribution in [-0.2, 0) is 14.3 Å². The molecule has 0 heterocycles. The fraction of sp³-hybridized carbons (Fsp3) is 0.190. The van der Waals surface area contributed by atoms with Crippen molar-refractivity contribution in [3.63, 3.8) is 0 Å². The summed E-state index contributed by atoms with van der Waals surface area (Å²) in [5.41, 5.74) is 1.34. The number of rotatable bonds is 9. The van der Waals surface area contributed by atoms with Crippen LogP contribution >= 0.6 is 11.8 Å². The van der Waals surface area contributed by atoms with Gasteiger partial charge in [-0.2, -0.15) is 5.26 Å². The molecule has 0 aromatic heterocycles. The second kappa shape index (κ2) is 11.4. The fourth-order valence-electron chi connectivity index (χ4n) is 2.27. The Kier molecular flexibility index (Phi) is 8.60. The molecule has 0 saturated heterocycles. The standard InChI is InChI=1S/C21H20N2O5S/c1-26-18-13-15(8-10-21(25)27-2)7-9-17(18)28-14-20(24)23-16-5-3-4-6-19(16)29-12-11-22/h3-10,13H,12,14H2,1-2H3,(H,23,24)/b10-8+. The zero-order valence-electron chi connectivity index (χ0n) is 16.0. The summed E-state index contributed by atoms with van der Waals surface area (Å²) in [7, 11) is 2.79. The number of nitrogens with one attached hydrogen (secondary N) is 1. The third-order valence-electron chi connectivity index (χ3n) is 3.61. The molecular weight excluding hydrogens is 392 g/mol. The summed E-state index contributed by atoms with van der Waals surface area (Å²) in [5.74, 6) is 0.304. The molecule has 0 fully saturated rings. The number of para-hydroxylation sites is 1. The molecule has 0 aliphatic carbocycles. The number of carbonyl (C=O) groups excluding carboxylic acids is 2. The van der Waals surface area contributed by atoms with Crippen molar-refractivity contribution in [1.82, 2.24) is 0 Å². The van der Waals surface area contributed by atoms with Crippen molar-refractivity contribution in [2.45, 2.75) is 4.90 Å².